The molecule has 1 aromatic carbocycles. The number of H-pyrrole nitrogens is 1. The van der Waals surface area contributed by atoms with Crippen molar-refractivity contribution >= 4 is 16.9 Å². The van der Waals surface area contributed by atoms with E-state index in [1.165, 1.54) is 0 Å². The van der Waals surface area contributed by atoms with Gasteiger partial charge >= 0.3 is 0 Å². The smallest absolute Gasteiger partial charge is 0.250 e. The van der Waals surface area contributed by atoms with Crippen molar-refractivity contribution in [1.82, 2.24) is 15.3 Å². The lowest BCUT2D eigenvalue weighted by Crippen LogP contribution is -2.42. The summed E-state index contributed by atoms with van der Waals surface area (Å²) in [6.07, 6.45) is 2.10. The average molecular weight is 272 g/mol. The van der Waals surface area contributed by atoms with Crippen LogP contribution in [0.1, 0.15) is 35.1 Å². The van der Waals surface area contributed by atoms with Crippen LogP contribution in [-0.2, 0) is 4.74 Å². The van der Waals surface area contributed by atoms with Crippen molar-refractivity contribution in [2.24, 2.45) is 5.73 Å². The number of hydrogen-bond donors (Lipinski definition) is 3. The maximum atomic E-state index is 11.4. The molecule has 6 heteroatoms. The van der Waals surface area contributed by atoms with Gasteiger partial charge in [0, 0.05) is 13.1 Å². The second kappa shape index (κ2) is 4.04. The van der Waals surface area contributed by atoms with Crippen molar-refractivity contribution in [2.75, 3.05) is 13.1 Å². The monoisotopic (exact) mass is 272 g/mol. The van der Waals surface area contributed by atoms with Crippen molar-refractivity contribution in [2.45, 2.75) is 24.5 Å². The molecule has 0 bridgehead atoms. The number of benzene rings is 1. The van der Waals surface area contributed by atoms with Gasteiger partial charge < -0.3 is 20.8 Å². The first-order valence-corrected chi connectivity index (χ1v) is 6.84. The van der Waals surface area contributed by atoms with E-state index in [0.717, 1.165) is 37.3 Å². The summed E-state index contributed by atoms with van der Waals surface area (Å²) in [5, 5.41) is 3.39. The quantitative estimate of drug-likeness (QED) is 0.755. The molecule has 1 amide bonds. The van der Waals surface area contributed by atoms with Crippen LogP contribution in [-0.4, -0.2) is 34.6 Å². The number of hydrogen-bond acceptors (Lipinski definition) is 4. The summed E-state index contributed by atoms with van der Waals surface area (Å²) in [6, 6.07) is 5.38. The number of aromatic nitrogens is 2. The third-order valence-corrected chi connectivity index (χ3v) is 4.08. The summed E-state index contributed by atoms with van der Waals surface area (Å²) >= 11 is 0. The molecule has 1 saturated carbocycles. The Balaban J connectivity index is 1.73. The third-order valence-electron chi connectivity index (χ3n) is 4.08. The number of nitrogens with one attached hydrogen (secondary N) is 2. The van der Waals surface area contributed by atoms with Crippen LogP contribution in [0.4, 0.5) is 0 Å². The Hall–Kier alpha value is -1.92. The second-order valence-corrected chi connectivity index (χ2v) is 5.61. The van der Waals surface area contributed by atoms with E-state index in [2.05, 4.69) is 15.3 Å². The predicted octanol–water partition coefficient (Wildman–Crippen LogP) is 0.855. The van der Waals surface area contributed by atoms with Crippen molar-refractivity contribution in [3.8, 4) is 0 Å². The minimum Gasteiger partial charge on any atom is -0.366 e. The first-order chi connectivity index (χ1) is 9.67. The summed E-state index contributed by atoms with van der Waals surface area (Å²) in [5.41, 5.74) is 7.27. The molecule has 6 nitrogen and oxygen atoms in total. The largest absolute Gasteiger partial charge is 0.366 e. The van der Waals surface area contributed by atoms with E-state index < -0.39 is 5.91 Å². The molecular weight excluding hydrogens is 256 g/mol. The molecule has 4 N–H and O–H groups in total. The van der Waals surface area contributed by atoms with Gasteiger partial charge in [0.05, 0.1) is 16.7 Å². The van der Waals surface area contributed by atoms with Gasteiger partial charge in [-0.15, -0.1) is 0 Å². The number of nitrogens with zero attached hydrogens (tertiary/aromatic N) is 1. The van der Waals surface area contributed by atoms with Crippen LogP contribution in [0.15, 0.2) is 18.2 Å². The van der Waals surface area contributed by atoms with E-state index in [4.69, 9.17) is 10.5 Å². The molecule has 2 aromatic rings. The van der Waals surface area contributed by atoms with Gasteiger partial charge in [0.25, 0.3) is 5.91 Å². The Labute approximate surface area is 115 Å². The fourth-order valence-corrected chi connectivity index (χ4v) is 2.81. The second-order valence-electron chi connectivity index (χ2n) is 5.61. The SMILES string of the molecule is NC(=O)c1cccc2[nH]c(C3CNCC4(CC4)O3)nc12. The maximum absolute atomic E-state index is 11.4. The third kappa shape index (κ3) is 1.80. The van der Waals surface area contributed by atoms with Gasteiger partial charge in [-0.2, -0.15) is 0 Å². The lowest BCUT2D eigenvalue weighted by molar-refractivity contribution is -0.0599. The number of fused-ring (bicyclic) bond motifs is 1. The number of imidazole rings is 1. The van der Waals surface area contributed by atoms with Crippen LogP contribution in [0.5, 0.6) is 0 Å². The molecule has 1 saturated heterocycles. The summed E-state index contributed by atoms with van der Waals surface area (Å²) in [7, 11) is 0. The molecular formula is C14H16N4O2. The lowest BCUT2D eigenvalue weighted by atomic mass is 10.2. The van der Waals surface area contributed by atoms with Crippen molar-refractivity contribution in [3.63, 3.8) is 0 Å². The first kappa shape index (κ1) is 11.9. The lowest BCUT2D eigenvalue weighted by Gasteiger charge is -2.29. The van der Waals surface area contributed by atoms with E-state index in [0.29, 0.717) is 11.1 Å². The molecule has 0 radical (unpaired) electrons. The van der Waals surface area contributed by atoms with E-state index in [1.807, 2.05) is 6.07 Å². The highest BCUT2D eigenvalue weighted by atomic mass is 16.5. The van der Waals surface area contributed by atoms with Crippen LogP contribution >= 0.6 is 0 Å². The van der Waals surface area contributed by atoms with Crippen LogP contribution in [0.3, 0.4) is 0 Å². The fraction of sp³-hybridized carbons (Fsp3) is 0.429. The number of rotatable bonds is 2. The number of morpholine rings is 1. The highest BCUT2D eigenvalue weighted by molar-refractivity contribution is 6.04. The number of para-hydroxylation sites is 1. The van der Waals surface area contributed by atoms with E-state index >= 15 is 0 Å². The molecule has 2 fully saturated rings. The minimum absolute atomic E-state index is 0.00834. The van der Waals surface area contributed by atoms with Gasteiger partial charge in [0.15, 0.2) is 0 Å². The molecule has 1 unspecified atom stereocenters. The standard InChI is InChI=1S/C14H16N4O2/c15-12(19)8-2-1-3-9-11(8)18-13(17-9)10-6-16-7-14(20-10)4-5-14/h1-3,10,16H,4-7H2,(H2,15,19)(H,17,18). The van der Waals surface area contributed by atoms with Gasteiger partial charge in [0.1, 0.15) is 17.4 Å². The first-order valence-electron chi connectivity index (χ1n) is 6.84. The van der Waals surface area contributed by atoms with E-state index in [9.17, 15) is 4.79 Å². The topological polar surface area (TPSA) is 93.0 Å². The number of primary amides is 1. The Morgan fingerprint density at radius 1 is 1.45 bits per heavy atom. The predicted molar refractivity (Wildman–Crippen MR) is 73.3 cm³/mol. The van der Waals surface area contributed by atoms with Gasteiger partial charge in [0.2, 0.25) is 0 Å². The Bertz CT molecular complexity index is 690. The Kier molecular flexibility index (Phi) is 2.40. The summed E-state index contributed by atoms with van der Waals surface area (Å²) in [6.45, 7) is 1.64. The van der Waals surface area contributed by atoms with Crippen molar-refractivity contribution in [1.29, 1.82) is 0 Å². The Morgan fingerprint density at radius 3 is 3.05 bits per heavy atom. The number of aromatic amines is 1. The number of carbonyl (C=O) groups excluding carboxylic acids is 1. The molecule has 1 aliphatic heterocycles. The molecule has 2 aliphatic rings. The summed E-state index contributed by atoms with van der Waals surface area (Å²) < 4.78 is 6.13. The van der Waals surface area contributed by atoms with Crippen LogP contribution in [0.25, 0.3) is 11.0 Å². The molecule has 1 aliphatic carbocycles. The van der Waals surface area contributed by atoms with E-state index in [1.54, 1.807) is 12.1 Å². The number of ether oxygens (including phenoxy) is 1. The van der Waals surface area contributed by atoms with Crippen molar-refractivity contribution in [3.05, 3.63) is 29.6 Å². The van der Waals surface area contributed by atoms with Gasteiger partial charge in [-0.1, -0.05) is 6.07 Å². The highest BCUT2D eigenvalue weighted by Crippen LogP contribution is 2.44. The zero-order chi connectivity index (χ0) is 13.7. The molecule has 104 valence electrons. The van der Waals surface area contributed by atoms with Crippen LogP contribution in [0.2, 0.25) is 0 Å². The molecule has 2 heterocycles. The summed E-state index contributed by atoms with van der Waals surface area (Å²) in [4.78, 5) is 19.2. The number of amides is 1. The van der Waals surface area contributed by atoms with Gasteiger partial charge in [-0.05, 0) is 25.0 Å². The zero-order valence-corrected chi connectivity index (χ0v) is 11.0. The van der Waals surface area contributed by atoms with Crippen LogP contribution in [0, 0.1) is 0 Å². The molecule has 1 spiro atoms. The van der Waals surface area contributed by atoms with Crippen LogP contribution < -0.4 is 11.1 Å². The number of carbonyl (C=O) groups is 1. The molecule has 20 heavy (non-hydrogen) atoms. The van der Waals surface area contributed by atoms with Gasteiger partial charge in [-0.25, -0.2) is 4.98 Å². The molecule has 4 rings (SSSR count). The molecule has 1 atom stereocenters. The maximum Gasteiger partial charge on any atom is 0.250 e. The fourth-order valence-electron chi connectivity index (χ4n) is 2.81. The molecule has 1 aromatic heterocycles. The minimum atomic E-state index is -0.463. The van der Waals surface area contributed by atoms with Crippen molar-refractivity contribution < 1.29 is 9.53 Å². The highest BCUT2D eigenvalue weighted by Gasteiger charge is 2.48. The van der Waals surface area contributed by atoms with Gasteiger partial charge in [-0.3, -0.25) is 4.79 Å². The number of nitrogens with two attached hydrogens (primary N) is 1. The van der Waals surface area contributed by atoms with E-state index in [-0.39, 0.29) is 11.7 Å². The average Bonchev–Trinajstić information content (AvgIpc) is 3.04. The Morgan fingerprint density at radius 2 is 2.30 bits per heavy atom. The zero-order valence-electron chi connectivity index (χ0n) is 11.0. The summed E-state index contributed by atoms with van der Waals surface area (Å²) in [5.74, 6) is 0.294. The normalized spacial score (nSPS) is 24.1.